The van der Waals surface area contributed by atoms with Crippen LogP contribution in [0.25, 0.3) is 11.0 Å². The van der Waals surface area contributed by atoms with Gasteiger partial charge in [-0.2, -0.15) is 0 Å². The lowest BCUT2D eigenvalue weighted by Crippen LogP contribution is -2.26. The van der Waals surface area contributed by atoms with Crippen molar-refractivity contribution in [2.24, 2.45) is 7.05 Å². The van der Waals surface area contributed by atoms with Crippen molar-refractivity contribution in [3.8, 4) is 0 Å². The summed E-state index contributed by atoms with van der Waals surface area (Å²) < 4.78 is 41.8. The highest BCUT2D eigenvalue weighted by atomic mass is 35.5. The van der Waals surface area contributed by atoms with E-state index in [0.717, 1.165) is 5.46 Å². The van der Waals surface area contributed by atoms with E-state index in [1.165, 1.54) is 24.5 Å². The van der Waals surface area contributed by atoms with E-state index in [-0.39, 0.29) is 40.4 Å². The van der Waals surface area contributed by atoms with Gasteiger partial charge in [0.1, 0.15) is 13.4 Å². The standard InChI is InChI=1S/C24H23BClFN4O4S/c1-31-14-28-23-20(31)13-17(22(21(23)27)29-19-9-8-15(25)12-18(19)26)24(32)30-35-10-5-11-36(33,34)16-6-3-2-4-7-16/h2-4,6-9,12-14,29H,5,10-11,25H2,1H3,(H,30,32). The topological polar surface area (TPSA) is 102 Å². The molecule has 4 aromatic rings. The Morgan fingerprint density at radius 1 is 1.19 bits per heavy atom. The number of amides is 1. The zero-order valence-electron chi connectivity index (χ0n) is 19.6. The molecule has 0 spiro atoms. The quantitative estimate of drug-likeness (QED) is 0.197. The maximum atomic E-state index is 15.5. The van der Waals surface area contributed by atoms with Gasteiger partial charge in [0, 0.05) is 7.05 Å². The lowest BCUT2D eigenvalue weighted by Gasteiger charge is -2.15. The number of imidazole rings is 1. The Bertz CT molecular complexity index is 1530. The number of hydrogen-bond donors (Lipinski definition) is 2. The number of aromatic nitrogens is 2. The van der Waals surface area contributed by atoms with E-state index in [1.54, 1.807) is 48.0 Å². The van der Waals surface area contributed by atoms with E-state index in [0.29, 0.717) is 16.2 Å². The lowest BCUT2D eigenvalue weighted by atomic mass is 9.96. The molecule has 12 heteroatoms. The van der Waals surface area contributed by atoms with Crippen molar-refractivity contribution in [2.45, 2.75) is 11.3 Å². The second-order valence-electron chi connectivity index (χ2n) is 8.21. The number of sulfone groups is 1. The molecule has 0 atom stereocenters. The molecule has 0 aliphatic rings. The first-order valence-electron chi connectivity index (χ1n) is 11.0. The molecule has 1 heterocycles. The summed E-state index contributed by atoms with van der Waals surface area (Å²) in [7, 11) is 0.0927. The van der Waals surface area contributed by atoms with Crippen LogP contribution in [-0.2, 0) is 21.7 Å². The van der Waals surface area contributed by atoms with Crippen molar-refractivity contribution in [1.29, 1.82) is 0 Å². The minimum Gasteiger partial charge on any atom is -0.351 e. The summed E-state index contributed by atoms with van der Waals surface area (Å²) in [4.78, 5) is 22.5. The second kappa shape index (κ2) is 10.7. The van der Waals surface area contributed by atoms with Crippen LogP contribution in [0.2, 0.25) is 5.02 Å². The molecule has 8 nitrogen and oxygen atoms in total. The Hall–Kier alpha value is -3.41. The van der Waals surface area contributed by atoms with Crippen LogP contribution in [0.1, 0.15) is 16.8 Å². The third kappa shape index (κ3) is 5.53. The number of carbonyl (C=O) groups excluding carboxylic acids is 1. The third-order valence-electron chi connectivity index (χ3n) is 5.52. The Balaban J connectivity index is 1.50. The number of hydroxylamine groups is 1. The zero-order valence-corrected chi connectivity index (χ0v) is 21.2. The third-order valence-corrected chi connectivity index (χ3v) is 7.65. The fourth-order valence-corrected chi connectivity index (χ4v) is 5.21. The van der Waals surface area contributed by atoms with Crippen molar-refractivity contribution in [3.63, 3.8) is 0 Å². The van der Waals surface area contributed by atoms with Gasteiger partial charge in [0.2, 0.25) is 0 Å². The van der Waals surface area contributed by atoms with Crippen molar-refractivity contribution in [2.75, 3.05) is 17.7 Å². The Kier molecular flexibility index (Phi) is 7.63. The molecule has 0 unspecified atom stereocenters. The molecule has 0 saturated carbocycles. The summed E-state index contributed by atoms with van der Waals surface area (Å²) in [6.45, 7) is -0.0548. The monoisotopic (exact) mass is 528 g/mol. The van der Waals surface area contributed by atoms with Crippen molar-refractivity contribution >= 4 is 63.1 Å². The molecule has 4 rings (SSSR count). The van der Waals surface area contributed by atoms with E-state index in [4.69, 9.17) is 16.4 Å². The molecule has 0 radical (unpaired) electrons. The van der Waals surface area contributed by atoms with Gasteiger partial charge in [-0.15, -0.1) is 0 Å². The number of carbonyl (C=O) groups is 1. The smallest absolute Gasteiger partial charge is 0.277 e. The zero-order chi connectivity index (χ0) is 25.9. The first-order valence-corrected chi connectivity index (χ1v) is 13.1. The maximum absolute atomic E-state index is 15.5. The number of anilines is 2. The summed E-state index contributed by atoms with van der Waals surface area (Å²) in [5, 5.41) is 3.27. The number of fused-ring (bicyclic) bond motifs is 1. The second-order valence-corrected chi connectivity index (χ2v) is 10.7. The highest BCUT2D eigenvalue weighted by molar-refractivity contribution is 7.91. The van der Waals surface area contributed by atoms with Crippen LogP contribution in [0, 0.1) is 5.82 Å². The van der Waals surface area contributed by atoms with Crippen LogP contribution in [-0.4, -0.2) is 44.1 Å². The van der Waals surface area contributed by atoms with Gasteiger partial charge in [0.05, 0.1) is 51.1 Å². The van der Waals surface area contributed by atoms with E-state index >= 15 is 4.39 Å². The molecular formula is C24H23BClFN4O4S. The molecule has 0 fully saturated rings. The van der Waals surface area contributed by atoms with Gasteiger partial charge in [-0.05, 0) is 36.8 Å². The van der Waals surface area contributed by atoms with E-state index in [9.17, 15) is 13.2 Å². The predicted octanol–water partition coefficient (Wildman–Crippen LogP) is 2.89. The Morgan fingerprint density at radius 3 is 2.67 bits per heavy atom. The number of hydrogen-bond acceptors (Lipinski definition) is 6. The summed E-state index contributed by atoms with van der Waals surface area (Å²) in [6.07, 6.45) is 1.60. The van der Waals surface area contributed by atoms with Crippen LogP contribution in [0.15, 0.2) is 65.8 Å². The van der Waals surface area contributed by atoms with Gasteiger partial charge in [-0.25, -0.2) is 23.3 Å². The van der Waals surface area contributed by atoms with Crippen LogP contribution < -0.4 is 16.3 Å². The summed E-state index contributed by atoms with van der Waals surface area (Å²) >= 11 is 6.31. The Labute approximate surface area is 213 Å². The number of benzene rings is 3. The predicted molar refractivity (Wildman–Crippen MR) is 140 cm³/mol. The molecule has 0 aliphatic heterocycles. The maximum Gasteiger partial charge on any atom is 0.277 e. The summed E-state index contributed by atoms with van der Waals surface area (Å²) in [6, 6.07) is 14.8. The fraction of sp³-hybridized carbons (Fsp3) is 0.167. The van der Waals surface area contributed by atoms with Crippen LogP contribution in [0.3, 0.4) is 0 Å². The normalized spacial score (nSPS) is 11.5. The fourth-order valence-electron chi connectivity index (χ4n) is 3.62. The number of rotatable bonds is 9. The van der Waals surface area contributed by atoms with Crippen molar-refractivity contribution < 1.29 is 22.4 Å². The van der Waals surface area contributed by atoms with Gasteiger partial charge in [0.15, 0.2) is 15.7 Å². The number of aryl methyl sites for hydroxylation is 1. The first-order chi connectivity index (χ1) is 17.2. The molecule has 186 valence electrons. The van der Waals surface area contributed by atoms with E-state index < -0.39 is 21.6 Å². The Morgan fingerprint density at radius 2 is 1.94 bits per heavy atom. The number of halogens is 2. The molecule has 1 aromatic heterocycles. The molecular weight excluding hydrogens is 506 g/mol. The lowest BCUT2D eigenvalue weighted by molar-refractivity contribution is 0.0317. The molecule has 0 aliphatic carbocycles. The number of nitrogens with zero attached hydrogens (tertiary/aromatic N) is 2. The van der Waals surface area contributed by atoms with Gasteiger partial charge in [-0.1, -0.05) is 41.3 Å². The SMILES string of the molecule is Bc1ccc(Nc2c(C(=O)NOCCCS(=O)(=O)c3ccccc3)cc3c(ncn3C)c2F)c(Cl)c1. The van der Waals surface area contributed by atoms with E-state index in [2.05, 4.69) is 15.8 Å². The highest BCUT2D eigenvalue weighted by Crippen LogP contribution is 2.32. The van der Waals surface area contributed by atoms with Gasteiger partial charge in [-0.3, -0.25) is 9.63 Å². The van der Waals surface area contributed by atoms with Gasteiger partial charge < -0.3 is 9.88 Å². The van der Waals surface area contributed by atoms with Gasteiger partial charge >= 0.3 is 0 Å². The summed E-state index contributed by atoms with van der Waals surface area (Å²) in [5.41, 5.74) is 3.97. The molecule has 0 saturated heterocycles. The molecule has 1 amide bonds. The molecule has 2 N–H and O–H groups in total. The van der Waals surface area contributed by atoms with E-state index in [1.807, 2.05) is 7.85 Å². The first kappa shape index (κ1) is 25.7. The minimum absolute atomic E-state index is 0.0304. The highest BCUT2D eigenvalue weighted by Gasteiger charge is 2.22. The van der Waals surface area contributed by atoms with Crippen LogP contribution >= 0.6 is 11.6 Å². The van der Waals surface area contributed by atoms with Crippen molar-refractivity contribution in [3.05, 3.63) is 77.3 Å². The average Bonchev–Trinajstić information content (AvgIpc) is 3.23. The molecule has 3 aromatic carbocycles. The summed E-state index contributed by atoms with van der Waals surface area (Å²) in [5.74, 6) is -1.58. The van der Waals surface area contributed by atoms with Crippen LogP contribution in [0.5, 0.6) is 0 Å². The van der Waals surface area contributed by atoms with Gasteiger partial charge in [0.25, 0.3) is 5.91 Å². The average molecular weight is 529 g/mol. The largest absolute Gasteiger partial charge is 0.351 e. The van der Waals surface area contributed by atoms with Crippen molar-refractivity contribution in [1.82, 2.24) is 15.0 Å². The minimum atomic E-state index is -3.46. The molecule has 0 bridgehead atoms. The van der Waals surface area contributed by atoms with Crippen LogP contribution in [0.4, 0.5) is 15.8 Å². The number of nitrogens with one attached hydrogen (secondary N) is 2. The molecule has 36 heavy (non-hydrogen) atoms.